The first-order chi connectivity index (χ1) is 13.4. The molecule has 0 fully saturated rings. The topological polar surface area (TPSA) is 116 Å². The SMILES string of the molecule is CN1C(=O)CC(C)(c2cc(NC(=O)c3cc4ccccc4[nH]3)ccn2)N=C1N. The number of anilines is 1. The van der Waals surface area contributed by atoms with Crippen LogP contribution in [-0.2, 0) is 10.3 Å². The molecule has 142 valence electrons. The van der Waals surface area contributed by atoms with Gasteiger partial charge in [0.05, 0.1) is 12.1 Å². The highest BCUT2D eigenvalue weighted by molar-refractivity contribution is 6.06. The molecule has 8 nitrogen and oxygen atoms in total. The molecule has 3 heterocycles. The van der Waals surface area contributed by atoms with Crippen LogP contribution >= 0.6 is 0 Å². The van der Waals surface area contributed by atoms with Gasteiger partial charge in [0.15, 0.2) is 5.96 Å². The van der Waals surface area contributed by atoms with Gasteiger partial charge in [0.2, 0.25) is 5.91 Å². The number of hydrogen-bond donors (Lipinski definition) is 3. The van der Waals surface area contributed by atoms with E-state index >= 15 is 0 Å². The van der Waals surface area contributed by atoms with E-state index in [1.165, 1.54) is 4.90 Å². The number of aliphatic imine (C=N–C) groups is 1. The van der Waals surface area contributed by atoms with E-state index in [2.05, 4.69) is 20.3 Å². The number of amides is 2. The highest BCUT2D eigenvalue weighted by Crippen LogP contribution is 2.32. The van der Waals surface area contributed by atoms with E-state index in [1.54, 1.807) is 38.4 Å². The summed E-state index contributed by atoms with van der Waals surface area (Å²) < 4.78 is 0. The predicted octanol–water partition coefficient (Wildman–Crippen LogP) is 2.21. The Hall–Kier alpha value is -3.68. The summed E-state index contributed by atoms with van der Waals surface area (Å²) in [6.07, 6.45) is 1.73. The average Bonchev–Trinajstić information content (AvgIpc) is 3.11. The Kier molecular flexibility index (Phi) is 4.11. The maximum atomic E-state index is 12.6. The van der Waals surface area contributed by atoms with Crippen LogP contribution in [0.1, 0.15) is 29.5 Å². The smallest absolute Gasteiger partial charge is 0.272 e. The molecule has 28 heavy (non-hydrogen) atoms. The Bertz CT molecular complexity index is 1090. The third-order valence-corrected chi connectivity index (χ3v) is 4.92. The molecule has 1 aliphatic heterocycles. The number of fused-ring (bicyclic) bond motifs is 1. The van der Waals surface area contributed by atoms with Gasteiger partial charge in [0.1, 0.15) is 11.2 Å². The van der Waals surface area contributed by atoms with Crippen molar-refractivity contribution in [1.82, 2.24) is 14.9 Å². The summed E-state index contributed by atoms with van der Waals surface area (Å²) in [4.78, 5) is 38.0. The van der Waals surface area contributed by atoms with Crippen molar-refractivity contribution < 1.29 is 9.59 Å². The third-order valence-electron chi connectivity index (χ3n) is 4.92. The van der Waals surface area contributed by atoms with Gasteiger partial charge in [-0.2, -0.15) is 0 Å². The Morgan fingerprint density at radius 1 is 1.29 bits per heavy atom. The minimum Gasteiger partial charge on any atom is -0.369 e. The fourth-order valence-corrected chi connectivity index (χ4v) is 3.25. The molecule has 8 heteroatoms. The number of nitrogens with one attached hydrogen (secondary N) is 2. The second kappa shape index (κ2) is 6.49. The molecule has 2 aromatic heterocycles. The summed E-state index contributed by atoms with van der Waals surface area (Å²) >= 11 is 0. The van der Waals surface area contributed by atoms with Crippen LogP contribution in [0.2, 0.25) is 0 Å². The van der Waals surface area contributed by atoms with Crippen molar-refractivity contribution in [2.24, 2.45) is 10.7 Å². The molecule has 1 atom stereocenters. The standard InChI is InChI=1S/C20H20N6O2/c1-20(11-17(27)26(2)19(21)25-20)16-10-13(7-8-22-16)23-18(28)15-9-12-5-3-4-6-14(12)24-15/h3-10,24H,11H2,1-2H3,(H2,21,25)(H,22,23,28). The number of benzene rings is 1. The van der Waals surface area contributed by atoms with E-state index in [0.29, 0.717) is 17.1 Å². The molecule has 4 N–H and O–H groups in total. The summed E-state index contributed by atoms with van der Waals surface area (Å²) in [5, 5.41) is 3.83. The normalized spacial score (nSPS) is 19.6. The average molecular weight is 376 g/mol. The van der Waals surface area contributed by atoms with Gasteiger partial charge in [-0.3, -0.25) is 19.5 Å². The zero-order valence-corrected chi connectivity index (χ0v) is 15.6. The third kappa shape index (κ3) is 3.09. The number of aromatic nitrogens is 2. The molecule has 1 aromatic carbocycles. The molecule has 1 unspecified atom stereocenters. The molecule has 0 radical (unpaired) electrons. The number of pyridine rings is 1. The summed E-state index contributed by atoms with van der Waals surface area (Å²) in [6.45, 7) is 1.80. The molecule has 0 bridgehead atoms. The number of rotatable bonds is 3. The van der Waals surface area contributed by atoms with Crippen LogP contribution in [0.4, 0.5) is 5.69 Å². The van der Waals surface area contributed by atoms with Crippen molar-refractivity contribution in [1.29, 1.82) is 0 Å². The van der Waals surface area contributed by atoms with E-state index in [1.807, 2.05) is 24.3 Å². The first-order valence-corrected chi connectivity index (χ1v) is 8.83. The van der Waals surface area contributed by atoms with Crippen LogP contribution in [0.3, 0.4) is 0 Å². The number of H-pyrrole nitrogens is 1. The van der Waals surface area contributed by atoms with Gasteiger partial charge in [-0.25, -0.2) is 4.99 Å². The number of nitrogens with zero attached hydrogens (tertiary/aromatic N) is 3. The van der Waals surface area contributed by atoms with Crippen LogP contribution in [0.15, 0.2) is 53.7 Å². The van der Waals surface area contributed by atoms with E-state index in [9.17, 15) is 9.59 Å². The van der Waals surface area contributed by atoms with Crippen LogP contribution in [0.5, 0.6) is 0 Å². The molecule has 0 spiro atoms. The second-order valence-electron chi connectivity index (χ2n) is 7.03. The molecule has 3 aromatic rings. The van der Waals surface area contributed by atoms with E-state index in [0.717, 1.165) is 10.9 Å². The van der Waals surface area contributed by atoms with Crippen molar-refractivity contribution in [2.45, 2.75) is 18.9 Å². The number of guanidine groups is 1. The van der Waals surface area contributed by atoms with Crippen LogP contribution in [0, 0.1) is 0 Å². The Morgan fingerprint density at radius 2 is 2.07 bits per heavy atom. The van der Waals surface area contributed by atoms with Crippen molar-refractivity contribution in [3.63, 3.8) is 0 Å². The van der Waals surface area contributed by atoms with E-state index in [-0.39, 0.29) is 24.2 Å². The monoisotopic (exact) mass is 376 g/mol. The lowest BCUT2D eigenvalue weighted by Gasteiger charge is -2.32. The molecular formula is C20H20N6O2. The van der Waals surface area contributed by atoms with Gasteiger partial charge in [0.25, 0.3) is 5.91 Å². The van der Waals surface area contributed by atoms with Gasteiger partial charge >= 0.3 is 0 Å². The number of hydrogen-bond acceptors (Lipinski definition) is 5. The minimum absolute atomic E-state index is 0.135. The van der Waals surface area contributed by atoms with Gasteiger partial charge in [-0.15, -0.1) is 0 Å². The summed E-state index contributed by atoms with van der Waals surface area (Å²) in [7, 11) is 1.59. The zero-order chi connectivity index (χ0) is 19.9. The number of aromatic amines is 1. The zero-order valence-electron chi connectivity index (χ0n) is 15.6. The molecule has 2 amide bonds. The lowest BCUT2D eigenvalue weighted by atomic mass is 9.91. The molecule has 0 saturated heterocycles. The first-order valence-electron chi connectivity index (χ1n) is 8.83. The van der Waals surface area contributed by atoms with Gasteiger partial charge < -0.3 is 16.0 Å². The van der Waals surface area contributed by atoms with Crippen LogP contribution < -0.4 is 11.1 Å². The highest BCUT2D eigenvalue weighted by atomic mass is 16.2. The molecule has 0 saturated carbocycles. The lowest BCUT2D eigenvalue weighted by Crippen LogP contribution is -2.47. The Labute approximate surface area is 161 Å². The van der Waals surface area contributed by atoms with Crippen molar-refractivity contribution in [3.8, 4) is 0 Å². The van der Waals surface area contributed by atoms with Crippen molar-refractivity contribution >= 4 is 34.4 Å². The molecule has 0 aliphatic carbocycles. The summed E-state index contributed by atoms with van der Waals surface area (Å²) in [6, 6.07) is 12.9. The van der Waals surface area contributed by atoms with Crippen molar-refractivity contribution in [2.75, 3.05) is 12.4 Å². The largest absolute Gasteiger partial charge is 0.369 e. The Morgan fingerprint density at radius 3 is 2.82 bits per heavy atom. The van der Waals surface area contributed by atoms with Gasteiger partial charge in [0, 0.05) is 29.8 Å². The maximum absolute atomic E-state index is 12.6. The van der Waals surface area contributed by atoms with Gasteiger partial charge in [-0.1, -0.05) is 18.2 Å². The van der Waals surface area contributed by atoms with Crippen LogP contribution in [-0.4, -0.2) is 39.7 Å². The first kappa shape index (κ1) is 17.7. The van der Waals surface area contributed by atoms with Crippen molar-refractivity contribution in [3.05, 3.63) is 60.0 Å². The predicted molar refractivity (Wildman–Crippen MR) is 107 cm³/mol. The second-order valence-corrected chi connectivity index (χ2v) is 7.03. The number of carbonyl (C=O) groups is 2. The van der Waals surface area contributed by atoms with E-state index in [4.69, 9.17) is 5.73 Å². The fourth-order valence-electron chi connectivity index (χ4n) is 3.25. The molecule has 1 aliphatic rings. The quantitative estimate of drug-likeness (QED) is 0.650. The highest BCUT2D eigenvalue weighted by Gasteiger charge is 2.37. The maximum Gasteiger partial charge on any atom is 0.272 e. The Balaban J connectivity index is 1.60. The minimum atomic E-state index is -0.879. The van der Waals surface area contributed by atoms with E-state index < -0.39 is 5.54 Å². The summed E-state index contributed by atoms with van der Waals surface area (Å²) in [5.74, 6) is -0.252. The number of para-hydroxylation sites is 1. The lowest BCUT2D eigenvalue weighted by molar-refractivity contribution is -0.128. The fraction of sp³-hybridized carbons (Fsp3) is 0.200. The number of carbonyl (C=O) groups excluding carboxylic acids is 2. The molecular weight excluding hydrogens is 356 g/mol. The van der Waals surface area contributed by atoms with Crippen LogP contribution in [0.25, 0.3) is 10.9 Å². The summed E-state index contributed by atoms with van der Waals surface area (Å²) in [5.41, 5.74) is 7.47. The number of nitrogens with two attached hydrogens (primary N) is 1. The van der Waals surface area contributed by atoms with Gasteiger partial charge in [-0.05, 0) is 31.2 Å². The molecule has 4 rings (SSSR count).